The number of aromatic hydroxyl groups is 2. The van der Waals surface area contributed by atoms with Crippen LogP contribution < -0.4 is 4.74 Å². The Hall–Kier alpha value is -2.54. The van der Waals surface area contributed by atoms with Crippen molar-refractivity contribution in [2.24, 2.45) is 0 Å². The molecule has 0 aliphatic carbocycles. The predicted octanol–water partition coefficient (Wildman–Crippen LogP) is 5.25. The minimum absolute atomic E-state index is 0.0942. The molecule has 0 saturated carbocycles. The van der Waals surface area contributed by atoms with E-state index in [-0.39, 0.29) is 11.5 Å². The van der Waals surface area contributed by atoms with Crippen LogP contribution in [0.2, 0.25) is 0 Å². The first kappa shape index (κ1) is 21.7. The molecule has 2 N–H and O–H groups in total. The van der Waals surface area contributed by atoms with Gasteiger partial charge in [0.05, 0.1) is 25.0 Å². The van der Waals surface area contributed by atoms with Gasteiger partial charge in [0.2, 0.25) is 6.29 Å². The second-order valence-corrected chi connectivity index (χ2v) is 7.87. The summed E-state index contributed by atoms with van der Waals surface area (Å²) in [6.45, 7) is 3.43. The maximum Gasteiger partial charge on any atom is 0.204 e. The van der Waals surface area contributed by atoms with Crippen LogP contribution >= 0.6 is 0 Å². The number of unbranched alkanes of at least 4 members (excludes halogenated alkanes) is 1. The first-order valence-corrected chi connectivity index (χ1v) is 10.9. The van der Waals surface area contributed by atoms with Gasteiger partial charge in [-0.25, -0.2) is 0 Å². The number of rotatable bonds is 8. The molecule has 0 bridgehead atoms. The molecule has 1 atom stereocenters. The van der Waals surface area contributed by atoms with Gasteiger partial charge in [-0.15, -0.1) is 0 Å². The maximum absolute atomic E-state index is 11.2. The average molecular weight is 427 g/mol. The number of methoxy groups -OCH3 is 1. The molecule has 0 spiro atoms. The van der Waals surface area contributed by atoms with Crippen LogP contribution in [0.15, 0.2) is 36.4 Å². The van der Waals surface area contributed by atoms with Crippen LogP contribution in [0.1, 0.15) is 38.2 Å². The zero-order chi connectivity index (χ0) is 21.8. The van der Waals surface area contributed by atoms with Crippen LogP contribution in [0, 0.1) is 0 Å². The fourth-order valence-corrected chi connectivity index (χ4v) is 4.09. The Labute approximate surface area is 182 Å². The number of hydrogen-bond acceptors (Lipinski definition) is 6. The zero-order valence-electron chi connectivity index (χ0n) is 18.1. The van der Waals surface area contributed by atoms with E-state index in [4.69, 9.17) is 18.9 Å². The number of hydrogen-bond donors (Lipinski definition) is 2. The Bertz CT molecular complexity index is 1040. The predicted molar refractivity (Wildman–Crippen MR) is 120 cm³/mol. The number of ether oxygens (including phenoxy) is 4. The van der Waals surface area contributed by atoms with Crippen molar-refractivity contribution in [2.75, 3.05) is 20.3 Å². The summed E-state index contributed by atoms with van der Waals surface area (Å²) in [5, 5.41) is 24.4. The van der Waals surface area contributed by atoms with Crippen molar-refractivity contribution in [1.82, 2.24) is 0 Å². The molecule has 1 saturated heterocycles. The van der Waals surface area contributed by atoms with Gasteiger partial charge in [0.25, 0.3) is 0 Å². The van der Waals surface area contributed by atoms with Crippen LogP contribution in [0.25, 0.3) is 21.5 Å². The molecule has 4 rings (SSSR count). The van der Waals surface area contributed by atoms with E-state index in [0.717, 1.165) is 31.2 Å². The van der Waals surface area contributed by atoms with Gasteiger partial charge in [-0.3, -0.25) is 0 Å². The summed E-state index contributed by atoms with van der Waals surface area (Å²) in [4.78, 5) is 0. The smallest absolute Gasteiger partial charge is 0.204 e. The molecule has 1 aliphatic heterocycles. The summed E-state index contributed by atoms with van der Waals surface area (Å²) in [5.41, 5.74) is 0.965. The molecular weight excluding hydrogens is 396 g/mol. The largest absolute Gasteiger partial charge is 0.507 e. The Kier molecular flexibility index (Phi) is 6.80. The lowest BCUT2D eigenvalue weighted by molar-refractivity contribution is -0.210. The maximum atomic E-state index is 11.2. The lowest BCUT2D eigenvalue weighted by atomic mass is 9.96. The fourth-order valence-electron chi connectivity index (χ4n) is 4.09. The van der Waals surface area contributed by atoms with Crippen molar-refractivity contribution >= 4 is 21.5 Å². The Morgan fingerprint density at radius 2 is 1.71 bits per heavy atom. The Balaban J connectivity index is 1.81. The highest BCUT2D eigenvalue weighted by Crippen LogP contribution is 2.47. The third kappa shape index (κ3) is 4.42. The van der Waals surface area contributed by atoms with E-state index >= 15 is 0 Å². The number of fused-ring (bicyclic) bond motifs is 2. The number of aryl methyl sites for hydroxylation is 1. The third-order valence-corrected chi connectivity index (χ3v) is 5.76. The zero-order valence-corrected chi connectivity index (χ0v) is 18.1. The quantitative estimate of drug-likeness (QED) is 0.291. The second-order valence-electron chi connectivity index (χ2n) is 7.87. The molecule has 1 fully saturated rings. The lowest BCUT2D eigenvalue weighted by Crippen LogP contribution is -2.32. The Morgan fingerprint density at radius 1 is 1.00 bits per heavy atom. The van der Waals surface area contributed by atoms with Crippen LogP contribution in [0.4, 0.5) is 0 Å². The summed E-state index contributed by atoms with van der Waals surface area (Å²) in [6.07, 6.45) is 3.07. The highest BCUT2D eigenvalue weighted by atomic mass is 16.7. The molecule has 3 aromatic rings. The number of benzene rings is 3. The topological polar surface area (TPSA) is 77.4 Å². The van der Waals surface area contributed by atoms with Gasteiger partial charge in [-0.2, -0.15) is 0 Å². The molecule has 0 radical (unpaired) electrons. The van der Waals surface area contributed by atoms with E-state index in [2.05, 4.69) is 6.92 Å². The number of phenolic OH excluding ortho intramolecular Hbond substituents is 2. The van der Waals surface area contributed by atoms with E-state index in [0.29, 0.717) is 46.9 Å². The Morgan fingerprint density at radius 3 is 2.39 bits per heavy atom. The molecule has 6 heteroatoms. The summed E-state index contributed by atoms with van der Waals surface area (Å²) in [6, 6.07) is 11.1. The normalized spacial score (nSPS) is 16.1. The van der Waals surface area contributed by atoms with Gasteiger partial charge in [-0.05, 0) is 30.9 Å². The molecule has 166 valence electrons. The van der Waals surface area contributed by atoms with E-state index in [1.165, 1.54) is 0 Å². The van der Waals surface area contributed by atoms with Crippen molar-refractivity contribution in [3.05, 3.63) is 42.0 Å². The van der Waals surface area contributed by atoms with Crippen molar-refractivity contribution < 1.29 is 29.2 Å². The van der Waals surface area contributed by atoms with Crippen molar-refractivity contribution in [3.63, 3.8) is 0 Å². The first-order valence-electron chi connectivity index (χ1n) is 10.9. The molecule has 31 heavy (non-hydrogen) atoms. The van der Waals surface area contributed by atoms with Gasteiger partial charge in [0.15, 0.2) is 6.29 Å². The first-order chi connectivity index (χ1) is 15.1. The molecule has 3 aromatic carbocycles. The highest BCUT2D eigenvalue weighted by molar-refractivity contribution is 6.12. The van der Waals surface area contributed by atoms with Gasteiger partial charge >= 0.3 is 0 Å². The van der Waals surface area contributed by atoms with Crippen LogP contribution in [-0.4, -0.2) is 43.1 Å². The highest BCUT2D eigenvalue weighted by Gasteiger charge is 2.25. The summed E-state index contributed by atoms with van der Waals surface area (Å²) in [5.74, 6) is 0.757. The molecule has 1 heterocycles. The van der Waals surface area contributed by atoms with Crippen LogP contribution in [-0.2, 0) is 20.6 Å². The average Bonchev–Trinajstić information content (AvgIpc) is 2.81. The summed E-state index contributed by atoms with van der Waals surface area (Å²) in [7, 11) is 1.58. The van der Waals surface area contributed by atoms with E-state index < -0.39 is 12.6 Å². The standard InChI is InChI=1S/C25H30O6/c1-3-4-8-16-11-12-19-22(24(27)18-10-6-5-9-17(18)23(19)26)25(16)31-20(28-2)15-21-29-13-7-14-30-21/h5-6,9-12,20-21,26-27H,3-4,7-8,13-15H2,1-2H3. The van der Waals surface area contributed by atoms with Crippen molar-refractivity contribution in [3.8, 4) is 17.2 Å². The second kappa shape index (κ2) is 9.73. The van der Waals surface area contributed by atoms with Crippen molar-refractivity contribution in [2.45, 2.75) is 51.6 Å². The minimum Gasteiger partial charge on any atom is -0.507 e. The van der Waals surface area contributed by atoms with Gasteiger partial charge < -0.3 is 29.2 Å². The minimum atomic E-state index is -0.623. The van der Waals surface area contributed by atoms with Gasteiger partial charge in [0, 0.05) is 23.3 Å². The molecule has 0 amide bonds. The van der Waals surface area contributed by atoms with E-state index in [1.807, 2.05) is 24.3 Å². The van der Waals surface area contributed by atoms with Crippen LogP contribution in [0.3, 0.4) is 0 Å². The molecule has 6 nitrogen and oxygen atoms in total. The molecule has 0 aromatic heterocycles. The lowest BCUT2D eigenvalue weighted by Gasteiger charge is -2.28. The third-order valence-electron chi connectivity index (χ3n) is 5.76. The van der Waals surface area contributed by atoms with Gasteiger partial charge in [-0.1, -0.05) is 43.7 Å². The molecule has 1 aliphatic rings. The summed E-state index contributed by atoms with van der Waals surface area (Å²) >= 11 is 0. The van der Waals surface area contributed by atoms with Crippen LogP contribution in [0.5, 0.6) is 17.2 Å². The van der Waals surface area contributed by atoms with Crippen molar-refractivity contribution in [1.29, 1.82) is 0 Å². The van der Waals surface area contributed by atoms with Gasteiger partial charge in [0.1, 0.15) is 17.2 Å². The number of phenols is 2. The molecule has 1 unspecified atom stereocenters. The fraction of sp³-hybridized carbons (Fsp3) is 0.440. The van der Waals surface area contributed by atoms with E-state index in [9.17, 15) is 10.2 Å². The van der Waals surface area contributed by atoms with E-state index in [1.54, 1.807) is 19.2 Å². The molecular formula is C25H30O6. The summed E-state index contributed by atoms with van der Waals surface area (Å²) < 4.78 is 23.3. The SMILES string of the molecule is CCCCc1ccc2c(O)c3ccccc3c(O)c2c1OC(CC1OCCCO1)OC. The monoisotopic (exact) mass is 426 g/mol.